The van der Waals surface area contributed by atoms with Crippen molar-refractivity contribution in [2.24, 2.45) is 11.3 Å². The van der Waals surface area contributed by atoms with E-state index in [1.165, 1.54) is 0 Å². The molecule has 1 amide bonds. The number of aryl methyl sites for hydroxylation is 1. The number of fused-ring (bicyclic) bond motifs is 1. The minimum atomic E-state index is -0.499. The van der Waals surface area contributed by atoms with Gasteiger partial charge < -0.3 is 14.5 Å². The highest BCUT2D eigenvalue weighted by Gasteiger charge is 2.54. The first kappa shape index (κ1) is 18.2. The van der Waals surface area contributed by atoms with Crippen molar-refractivity contribution in [3.05, 3.63) is 23.4 Å². The second kappa shape index (κ2) is 7.35. The molecule has 6 nitrogen and oxygen atoms in total. The predicted octanol–water partition coefficient (Wildman–Crippen LogP) is 1.59. The van der Waals surface area contributed by atoms with Gasteiger partial charge in [0.1, 0.15) is 11.9 Å². The van der Waals surface area contributed by atoms with Crippen LogP contribution in [-0.2, 0) is 9.53 Å². The molecule has 136 valence electrons. The largest absolute Gasteiger partial charge is 0.381 e. The molecule has 3 rings (SSSR count). The highest BCUT2D eigenvalue weighted by Crippen LogP contribution is 2.45. The number of nitriles is 1. The summed E-state index contributed by atoms with van der Waals surface area (Å²) in [5, 5.41) is 9.46. The minimum absolute atomic E-state index is 0.0923. The number of pyridine rings is 1. The maximum atomic E-state index is 13.3. The van der Waals surface area contributed by atoms with E-state index < -0.39 is 5.41 Å². The Hall–Kier alpha value is -2.57. The van der Waals surface area contributed by atoms with Crippen molar-refractivity contribution < 1.29 is 9.53 Å². The molecular formula is C20H24N4O2. The third-order valence-electron chi connectivity index (χ3n) is 5.41. The van der Waals surface area contributed by atoms with E-state index in [4.69, 9.17) is 4.74 Å². The maximum Gasteiger partial charge on any atom is 0.231 e. The van der Waals surface area contributed by atoms with Gasteiger partial charge in [-0.05, 0) is 32.4 Å². The molecule has 2 unspecified atom stereocenters. The zero-order chi connectivity index (χ0) is 18.7. The summed E-state index contributed by atoms with van der Waals surface area (Å²) < 4.78 is 5.67. The van der Waals surface area contributed by atoms with Gasteiger partial charge in [0, 0.05) is 38.4 Å². The molecular weight excluding hydrogens is 328 g/mol. The Morgan fingerprint density at radius 3 is 3.08 bits per heavy atom. The van der Waals surface area contributed by atoms with Gasteiger partial charge in [0.15, 0.2) is 0 Å². The van der Waals surface area contributed by atoms with Crippen LogP contribution in [0.25, 0.3) is 0 Å². The molecule has 6 heteroatoms. The summed E-state index contributed by atoms with van der Waals surface area (Å²) in [5.41, 5.74) is 0.907. The van der Waals surface area contributed by atoms with Crippen LogP contribution in [0.15, 0.2) is 12.1 Å². The first-order valence-electron chi connectivity index (χ1n) is 8.87. The van der Waals surface area contributed by atoms with E-state index >= 15 is 0 Å². The Morgan fingerprint density at radius 1 is 1.54 bits per heavy atom. The van der Waals surface area contributed by atoms with Gasteiger partial charge in [0.2, 0.25) is 5.91 Å². The third kappa shape index (κ3) is 3.13. The van der Waals surface area contributed by atoms with Crippen molar-refractivity contribution in [3.8, 4) is 17.9 Å². The average Bonchev–Trinajstić information content (AvgIpc) is 3.06. The lowest BCUT2D eigenvalue weighted by atomic mass is 9.73. The summed E-state index contributed by atoms with van der Waals surface area (Å²) in [7, 11) is 1.81. The van der Waals surface area contributed by atoms with Gasteiger partial charge in [0.05, 0.1) is 24.1 Å². The third-order valence-corrected chi connectivity index (χ3v) is 5.41. The van der Waals surface area contributed by atoms with Crippen LogP contribution in [0, 0.1) is 41.4 Å². The topological polar surface area (TPSA) is 69.5 Å². The lowest BCUT2D eigenvalue weighted by molar-refractivity contribution is -0.148. The highest BCUT2D eigenvalue weighted by atomic mass is 16.5. The molecule has 0 aromatic carbocycles. The maximum absolute atomic E-state index is 13.3. The molecule has 2 saturated heterocycles. The second-order valence-corrected chi connectivity index (χ2v) is 7.08. The summed E-state index contributed by atoms with van der Waals surface area (Å²) in [6.45, 7) is 6.49. The zero-order valence-corrected chi connectivity index (χ0v) is 15.6. The van der Waals surface area contributed by atoms with Crippen LogP contribution in [0.2, 0.25) is 0 Å². The lowest BCUT2D eigenvalue weighted by Crippen LogP contribution is -2.51. The summed E-state index contributed by atoms with van der Waals surface area (Å²) in [4.78, 5) is 21.7. The van der Waals surface area contributed by atoms with E-state index in [-0.39, 0.29) is 11.8 Å². The molecule has 3 heterocycles. The van der Waals surface area contributed by atoms with Gasteiger partial charge >= 0.3 is 0 Å². The van der Waals surface area contributed by atoms with Crippen LogP contribution in [0.5, 0.6) is 0 Å². The van der Waals surface area contributed by atoms with Crippen molar-refractivity contribution >= 4 is 11.7 Å². The molecule has 0 aliphatic carbocycles. The van der Waals surface area contributed by atoms with E-state index in [2.05, 4.69) is 27.8 Å². The number of amides is 1. The quantitative estimate of drug-likeness (QED) is 0.773. The molecule has 2 aliphatic rings. The van der Waals surface area contributed by atoms with Crippen LogP contribution < -0.4 is 4.90 Å². The van der Waals surface area contributed by atoms with Crippen molar-refractivity contribution in [1.82, 2.24) is 9.88 Å². The number of ether oxygens (including phenoxy) is 1. The normalized spacial score (nSPS) is 24.2. The zero-order valence-electron chi connectivity index (χ0n) is 15.6. The van der Waals surface area contributed by atoms with Gasteiger partial charge in [-0.1, -0.05) is 5.92 Å². The second-order valence-electron chi connectivity index (χ2n) is 7.08. The Balaban J connectivity index is 1.93. The first-order chi connectivity index (χ1) is 12.5. The molecule has 0 bridgehead atoms. The minimum Gasteiger partial charge on any atom is -0.381 e. The summed E-state index contributed by atoms with van der Waals surface area (Å²) >= 11 is 0. The van der Waals surface area contributed by atoms with E-state index in [0.717, 1.165) is 5.69 Å². The van der Waals surface area contributed by atoms with Crippen molar-refractivity contribution in [1.29, 1.82) is 5.26 Å². The number of nitrogens with zero attached hydrogens (tertiary/aromatic N) is 4. The number of carbonyl (C=O) groups is 1. The molecule has 2 atom stereocenters. The molecule has 1 aromatic rings. The smallest absolute Gasteiger partial charge is 0.231 e. The van der Waals surface area contributed by atoms with Crippen molar-refractivity contribution in [2.45, 2.75) is 20.3 Å². The molecule has 2 aliphatic heterocycles. The van der Waals surface area contributed by atoms with E-state index in [0.29, 0.717) is 50.7 Å². The number of hydrogen-bond acceptors (Lipinski definition) is 5. The number of aromatic nitrogens is 1. The fourth-order valence-corrected chi connectivity index (χ4v) is 3.98. The first-order valence-corrected chi connectivity index (χ1v) is 8.87. The summed E-state index contributed by atoms with van der Waals surface area (Å²) in [6, 6.07) is 5.86. The predicted molar refractivity (Wildman–Crippen MR) is 98.3 cm³/mol. The van der Waals surface area contributed by atoms with Crippen LogP contribution in [0.3, 0.4) is 0 Å². The van der Waals surface area contributed by atoms with Crippen LogP contribution in [-0.4, -0.2) is 55.7 Å². The monoisotopic (exact) mass is 352 g/mol. The van der Waals surface area contributed by atoms with Gasteiger partial charge in [-0.3, -0.25) is 4.79 Å². The molecule has 1 aromatic heterocycles. The van der Waals surface area contributed by atoms with E-state index in [9.17, 15) is 10.1 Å². The lowest BCUT2D eigenvalue weighted by Gasteiger charge is -2.39. The number of hydrogen-bond donors (Lipinski definition) is 0. The fourth-order valence-electron chi connectivity index (χ4n) is 3.98. The summed E-state index contributed by atoms with van der Waals surface area (Å²) in [5.74, 6) is 6.69. The van der Waals surface area contributed by atoms with Crippen molar-refractivity contribution in [2.75, 3.05) is 44.8 Å². The molecule has 0 spiro atoms. The SMILES string of the molecule is CC#CCN(C)C(=O)C12CCOCC1CN(c1nc(C)ccc1C#N)C2. The van der Waals surface area contributed by atoms with E-state index in [1.807, 2.05) is 20.0 Å². The summed E-state index contributed by atoms with van der Waals surface area (Å²) in [6.07, 6.45) is 0.685. The number of rotatable bonds is 3. The molecule has 0 saturated carbocycles. The van der Waals surface area contributed by atoms with Gasteiger partial charge in [0.25, 0.3) is 0 Å². The Bertz CT molecular complexity index is 804. The van der Waals surface area contributed by atoms with Gasteiger partial charge in [-0.15, -0.1) is 5.92 Å². The highest BCUT2D eigenvalue weighted by molar-refractivity contribution is 5.85. The molecule has 0 N–H and O–H groups in total. The Morgan fingerprint density at radius 2 is 2.35 bits per heavy atom. The number of anilines is 1. The van der Waals surface area contributed by atoms with Gasteiger partial charge in [-0.25, -0.2) is 4.98 Å². The number of carbonyl (C=O) groups excluding carboxylic acids is 1. The van der Waals surface area contributed by atoms with Gasteiger partial charge in [-0.2, -0.15) is 5.26 Å². The Labute approximate surface area is 154 Å². The standard InChI is InChI=1S/C20H24N4O2/c1-4-5-9-23(3)19(25)20-8-10-26-13-17(20)12-24(14-20)18-16(11-21)7-6-15(2)22-18/h6-7,17H,8-10,12-14H2,1-3H3. The van der Waals surface area contributed by atoms with Crippen molar-refractivity contribution in [3.63, 3.8) is 0 Å². The average molecular weight is 352 g/mol. The van der Waals surface area contributed by atoms with Crippen LogP contribution in [0.1, 0.15) is 24.6 Å². The molecule has 0 radical (unpaired) electrons. The van der Waals surface area contributed by atoms with E-state index in [1.54, 1.807) is 17.9 Å². The Kier molecular flexibility index (Phi) is 5.15. The fraction of sp³-hybridized carbons (Fsp3) is 0.550. The molecule has 26 heavy (non-hydrogen) atoms. The van der Waals surface area contributed by atoms with Crippen LogP contribution in [0.4, 0.5) is 5.82 Å². The molecule has 2 fully saturated rings. The van der Waals surface area contributed by atoms with Crippen LogP contribution >= 0.6 is 0 Å².